The van der Waals surface area contributed by atoms with Gasteiger partial charge in [0.25, 0.3) is 5.91 Å². The van der Waals surface area contributed by atoms with E-state index in [1.807, 2.05) is 13.8 Å². The quantitative estimate of drug-likeness (QED) is 0.643. The third-order valence-electron chi connectivity index (χ3n) is 2.52. The minimum absolute atomic E-state index is 0.109. The lowest BCUT2D eigenvalue weighted by Crippen LogP contribution is -2.33. The highest BCUT2D eigenvalue weighted by Gasteiger charge is 2.16. The van der Waals surface area contributed by atoms with E-state index in [9.17, 15) is 18.0 Å². The van der Waals surface area contributed by atoms with E-state index >= 15 is 0 Å². The number of nitrogens with one attached hydrogen (secondary N) is 1. The monoisotopic (exact) mass is 291 g/mol. The van der Waals surface area contributed by atoms with Crippen LogP contribution in [0.25, 0.3) is 0 Å². The van der Waals surface area contributed by atoms with Gasteiger partial charge in [0, 0.05) is 11.6 Å². The average molecular weight is 291 g/mol. The highest BCUT2D eigenvalue weighted by atomic mass is 32.2. The first-order valence-corrected chi connectivity index (χ1v) is 7.14. The number of thioether (sulfide) groups is 1. The van der Waals surface area contributed by atoms with Crippen LogP contribution in [0.2, 0.25) is 0 Å². The van der Waals surface area contributed by atoms with Crippen molar-refractivity contribution in [3.8, 4) is 0 Å². The molecule has 1 aromatic carbocycles. The molecule has 1 rings (SSSR count). The lowest BCUT2D eigenvalue weighted by molar-refractivity contribution is 0.0938. The summed E-state index contributed by atoms with van der Waals surface area (Å²) in [5.41, 5.74) is -0.216. The molecule has 0 fully saturated rings. The maximum absolute atomic E-state index is 13.0. The second-order valence-corrected chi connectivity index (χ2v) is 5.51. The average Bonchev–Trinajstić information content (AvgIpc) is 2.35. The van der Waals surface area contributed by atoms with E-state index in [0.29, 0.717) is 12.1 Å². The second-order valence-electron chi connectivity index (χ2n) is 4.11. The Morgan fingerprint density at radius 2 is 1.89 bits per heavy atom. The van der Waals surface area contributed by atoms with Crippen LogP contribution >= 0.6 is 11.8 Å². The van der Waals surface area contributed by atoms with Gasteiger partial charge in [-0.3, -0.25) is 4.79 Å². The Labute approximate surface area is 114 Å². The minimum Gasteiger partial charge on any atom is -0.350 e. The SMILES string of the molecule is CCSCCC(C)NC(=O)c1cc(F)c(F)c(F)c1. The van der Waals surface area contributed by atoms with Crippen molar-refractivity contribution in [3.05, 3.63) is 35.1 Å². The number of rotatable bonds is 6. The molecule has 106 valence electrons. The van der Waals surface area contributed by atoms with Crippen molar-refractivity contribution >= 4 is 17.7 Å². The number of halogens is 3. The number of carbonyl (C=O) groups is 1. The molecule has 1 amide bonds. The topological polar surface area (TPSA) is 29.1 Å². The summed E-state index contributed by atoms with van der Waals surface area (Å²) < 4.78 is 38.7. The van der Waals surface area contributed by atoms with E-state index < -0.39 is 23.4 Å². The lowest BCUT2D eigenvalue weighted by atomic mass is 10.1. The third-order valence-corrected chi connectivity index (χ3v) is 3.46. The molecule has 2 nitrogen and oxygen atoms in total. The Bertz CT molecular complexity index is 431. The van der Waals surface area contributed by atoms with Gasteiger partial charge in [0.05, 0.1) is 0 Å². The molecule has 0 aliphatic carbocycles. The molecule has 1 atom stereocenters. The summed E-state index contributed by atoms with van der Waals surface area (Å²) >= 11 is 1.75. The first kappa shape index (κ1) is 15.9. The summed E-state index contributed by atoms with van der Waals surface area (Å²) in [5.74, 6) is -3.01. The molecule has 0 aliphatic rings. The first-order valence-electron chi connectivity index (χ1n) is 5.98. The largest absolute Gasteiger partial charge is 0.350 e. The number of benzene rings is 1. The zero-order valence-electron chi connectivity index (χ0n) is 10.8. The Morgan fingerprint density at radius 1 is 1.32 bits per heavy atom. The fraction of sp³-hybridized carbons (Fsp3) is 0.462. The van der Waals surface area contributed by atoms with Gasteiger partial charge >= 0.3 is 0 Å². The highest BCUT2D eigenvalue weighted by Crippen LogP contribution is 2.14. The Hall–Kier alpha value is -1.17. The van der Waals surface area contributed by atoms with E-state index in [4.69, 9.17) is 0 Å². The van der Waals surface area contributed by atoms with E-state index in [2.05, 4.69) is 5.32 Å². The summed E-state index contributed by atoms with van der Waals surface area (Å²) in [7, 11) is 0. The standard InChI is InChI=1S/C13H16F3NOS/c1-3-19-5-4-8(2)17-13(18)9-6-10(14)12(16)11(15)7-9/h6-8H,3-5H2,1-2H3,(H,17,18). The number of hydrogen-bond acceptors (Lipinski definition) is 2. The number of amides is 1. The van der Waals surface area contributed by atoms with E-state index in [1.165, 1.54) is 0 Å². The summed E-state index contributed by atoms with van der Waals surface area (Å²) in [6.45, 7) is 3.85. The van der Waals surface area contributed by atoms with Crippen LogP contribution < -0.4 is 5.32 Å². The van der Waals surface area contributed by atoms with Crippen LogP contribution in [-0.2, 0) is 0 Å². The maximum Gasteiger partial charge on any atom is 0.251 e. The summed E-state index contributed by atoms with van der Waals surface area (Å²) in [6, 6.07) is 1.28. The number of carbonyl (C=O) groups excluding carboxylic acids is 1. The smallest absolute Gasteiger partial charge is 0.251 e. The van der Waals surface area contributed by atoms with Crippen molar-refractivity contribution in [1.82, 2.24) is 5.32 Å². The Balaban J connectivity index is 2.63. The summed E-state index contributed by atoms with van der Waals surface area (Å²) in [5, 5.41) is 2.62. The molecule has 1 N–H and O–H groups in total. The molecule has 0 bridgehead atoms. The predicted molar refractivity (Wildman–Crippen MR) is 70.9 cm³/mol. The van der Waals surface area contributed by atoms with Crippen LogP contribution in [0.4, 0.5) is 13.2 Å². The fourth-order valence-electron chi connectivity index (χ4n) is 1.47. The van der Waals surface area contributed by atoms with Gasteiger partial charge in [-0.05, 0) is 37.0 Å². The van der Waals surface area contributed by atoms with Crippen LogP contribution in [0.15, 0.2) is 12.1 Å². The first-order chi connectivity index (χ1) is 8.95. The third kappa shape index (κ3) is 4.78. The van der Waals surface area contributed by atoms with Crippen LogP contribution in [0.3, 0.4) is 0 Å². The van der Waals surface area contributed by atoms with Crippen molar-refractivity contribution in [3.63, 3.8) is 0 Å². The molecule has 0 radical (unpaired) electrons. The molecule has 6 heteroatoms. The van der Waals surface area contributed by atoms with Gasteiger partial charge in [-0.15, -0.1) is 0 Å². The normalized spacial score (nSPS) is 12.3. The van der Waals surface area contributed by atoms with Crippen molar-refractivity contribution in [2.75, 3.05) is 11.5 Å². The van der Waals surface area contributed by atoms with Gasteiger partial charge in [0.1, 0.15) is 0 Å². The molecule has 0 saturated carbocycles. The van der Waals surface area contributed by atoms with E-state index in [1.54, 1.807) is 11.8 Å². The Kier molecular flexibility index (Phi) is 6.21. The predicted octanol–water partition coefficient (Wildman–Crippen LogP) is 3.37. The maximum atomic E-state index is 13.0. The Morgan fingerprint density at radius 3 is 2.42 bits per heavy atom. The molecule has 0 aromatic heterocycles. The second kappa shape index (κ2) is 7.43. The van der Waals surface area contributed by atoms with Crippen LogP contribution in [-0.4, -0.2) is 23.5 Å². The van der Waals surface area contributed by atoms with Gasteiger partial charge < -0.3 is 5.32 Å². The van der Waals surface area contributed by atoms with Gasteiger partial charge in [0.2, 0.25) is 0 Å². The van der Waals surface area contributed by atoms with Crippen molar-refractivity contribution in [1.29, 1.82) is 0 Å². The molecule has 0 heterocycles. The molecule has 0 saturated heterocycles. The molecule has 19 heavy (non-hydrogen) atoms. The van der Waals surface area contributed by atoms with E-state index in [0.717, 1.165) is 17.9 Å². The van der Waals surface area contributed by atoms with Crippen LogP contribution in [0.5, 0.6) is 0 Å². The molecule has 0 spiro atoms. The van der Waals surface area contributed by atoms with Crippen LogP contribution in [0, 0.1) is 17.5 Å². The highest BCUT2D eigenvalue weighted by molar-refractivity contribution is 7.99. The van der Waals surface area contributed by atoms with Crippen molar-refractivity contribution < 1.29 is 18.0 Å². The van der Waals surface area contributed by atoms with Crippen LogP contribution in [0.1, 0.15) is 30.6 Å². The van der Waals surface area contributed by atoms with Crippen molar-refractivity contribution in [2.24, 2.45) is 0 Å². The zero-order valence-corrected chi connectivity index (χ0v) is 11.6. The molecular weight excluding hydrogens is 275 g/mol. The fourth-order valence-corrected chi connectivity index (χ4v) is 2.28. The van der Waals surface area contributed by atoms with Gasteiger partial charge in [0.15, 0.2) is 17.5 Å². The number of hydrogen-bond donors (Lipinski definition) is 1. The zero-order chi connectivity index (χ0) is 14.4. The van der Waals surface area contributed by atoms with Gasteiger partial charge in [-0.2, -0.15) is 11.8 Å². The molecule has 1 unspecified atom stereocenters. The van der Waals surface area contributed by atoms with Crippen molar-refractivity contribution in [2.45, 2.75) is 26.3 Å². The lowest BCUT2D eigenvalue weighted by Gasteiger charge is -2.13. The molecular formula is C13H16F3NOS. The summed E-state index contributed by atoms with van der Waals surface area (Å²) in [6.07, 6.45) is 0.760. The minimum atomic E-state index is -1.57. The molecule has 0 aliphatic heterocycles. The van der Waals surface area contributed by atoms with Gasteiger partial charge in [-0.25, -0.2) is 13.2 Å². The molecule has 1 aromatic rings. The van der Waals surface area contributed by atoms with Gasteiger partial charge in [-0.1, -0.05) is 6.92 Å². The van der Waals surface area contributed by atoms with E-state index in [-0.39, 0.29) is 11.6 Å². The summed E-state index contributed by atoms with van der Waals surface area (Å²) in [4.78, 5) is 11.7.